The van der Waals surface area contributed by atoms with Crippen LogP contribution in [0.3, 0.4) is 0 Å². The van der Waals surface area contributed by atoms with Gasteiger partial charge in [-0.2, -0.15) is 0 Å². The van der Waals surface area contributed by atoms with Crippen LogP contribution in [-0.2, 0) is 4.79 Å². The van der Waals surface area contributed by atoms with E-state index >= 15 is 0 Å². The SMILES string of the molecule is CNCCN(C)[C]=O. The van der Waals surface area contributed by atoms with Crippen molar-refractivity contribution >= 4 is 6.41 Å². The molecule has 0 atom stereocenters. The van der Waals surface area contributed by atoms with E-state index in [2.05, 4.69) is 5.32 Å². The fourth-order valence-corrected chi connectivity index (χ4v) is 0.325. The van der Waals surface area contributed by atoms with E-state index in [0.29, 0.717) is 0 Å². The summed E-state index contributed by atoms with van der Waals surface area (Å²) in [6.07, 6.45) is 1.74. The van der Waals surface area contributed by atoms with Crippen LogP contribution >= 0.6 is 0 Å². The number of nitrogens with one attached hydrogen (secondary N) is 1. The van der Waals surface area contributed by atoms with Gasteiger partial charge in [0, 0.05) is 20.1 Å². The van der Waals surface area contributed by atoms with Crippen molar-refractivity contribution in [3.8, 4) is 0 Å². The van der Waals surface area contributed by atoms with Gasteiger partial charge in [0.15, 0.2) is 0 Å². The maximum Gasteiger partial charge on any atom is 0.311 e. The summed E-state index contributed by atoms with van der Waals surface area (Å²) in [4.78, 5) is 11.3. The number of nitrogens with zero attached hydrogens (tertiary/aromatic N) is 1. The van der Waals surface area contributed by atoms with Crippen molar-refractivity contribution < 1.29 is 4.79 Å². The molecular weight excluding hydrogens is 104 g/mol. The summed E-state index contributed by atoms with van der Waals surface area (Å²) >= 11 is 0. The van der Waals surface area contributed by atoms with Crippen LogP contribution in [-0.4, -0.2) is 38.5 Å². The standard InChI is InChI=1S/C5H11N2O/c1-6-3-4-7(2)5-8/h6H,3-4H2,1-2H3. The minimum Gasteiger partial charge on any atom is -0.336 e. The lowest BCUT2D eigenvalue weighted by molar-refractivity contribution is 0.432. The van der Waals surface area contributed by atoms with Gasteiger partial charge in [-0.1, -0.05) is 0 Å². The maximum absolute atomic E-state index is 9.78. The summed E-state index contributed by atoms with van der Waals surface area (Å²) in [5, 5.41) is 2.91. The number of likely N-dealkylation sites (N-methyl/N-ethyl adjacent to an activating group) is 2. The highest BCUT2D eigenvalue weighted by atomic mass is 16.1. The lowest BCUT2D eigenvalue weighted by atomic mass is 10.6. The Kier molecular flexibility index (Phi) is 4.26. The van der Waals surface area contributed by atoms with E-state index in [-0.39, 0.29) is 0 Å². The van der Waals surface area contributed by atoms with Gasteiger partial charge in [-0.05, 0) is 7.05 Å². The van der Waals surface area contributed by atoms with E-state index < -0.39 is 0 Å². The molecule has 0 aliphatic carbocycles. The second-order valence-corrected chi connectivity index (χ2v) is 1.62. The summed E-state index contributed by atoms with van der Waals surface area (Å²) in [7, 11) is 3.54. The van der Waals surface area contributed by atoms with E-state index in [1.54, 1.807) is 13.5 Å². The summed E-state index contributed by atoms with van der Waals surface area (Å²) in [5.74, 6) is 0. The molecule has 1 radical (unpaired) electrons. The predicted octanol–water partition coefficient (Wildman–Crippen LogP) is -0.795. The van der Waals surface area contributed by atoms with Gasteiger partial charge in [0.2, 0.25) is 0 Å². The maximum atomic E-state index is 9.78. The van der Waals surface area contributed by atoms with Crippen LogP contribution in [0.15, 0.2) is 0 Å². The molecule has 0 rings (SSSR count). The quantitative estimate of drug-likeness (QED) is 0.487. The van der Waals surface area contributed by atoms with Crippen LogP contribution in [0.1, 0.15) is 0 Å². The topological polar surface area (TPSA) is 32.3 Å². The zero-order valence-corrected chi connectivity index (χ0v) is 5.27. The molecule has 0 aromatic heterocycles. The third-order valence-corrected chi connectivity index (χ3v) is 0.853. The molecule has 8 heavy (non-hydrogen) atoms. The van der Waals surface area contributed by atoms with Gasteiger partial charge in [0.1, 0.15) is 0 Å². The highest BCUT2D eigenvalue weighted by Gasteiger charge is 1.89. The van der Waals surface area contributed by atoms with E-state index in [4.69, 9.17) is 0 Å². The predicted molar refractivity (Wildman–Crippen MR) is 32.3 cm³/mol. The van der Waals surface area contributed by atoms with Crippen molar-refractivity contribution in [2.24, 2.45) is 0 Å². The van der Waals surface area contributed by atoms with Gasteiger partial charge in [0.05, 0.1) is 0 Å². The first-order valence-corrected chi connectivity index (χ1v) is 2.54. The highest BCUT2D eigenvalue weighted by molar-refractivity contribution is 5.47. The second kappa shape index (κ2) is 4.59. The van der Waals surface area contributed by atoms with Crippen molar-refractivity contribution in [1.29, 1.82) is 0 Å². The lowest BCUT2D eigenvalue weighted by Gasteiger charge is -2.06. The molecule has 3 heteroatoms. The molecule has 0 aromatic rings. The van der Waals surface area contributed by atoms with E-state index in [1.807, 2.05) is 7.05 Å². The fraction of sp³-hybridized carbons (Fsp3) is 0.800. The van der Waals surface area contributed by atoms with Gasteiger partial charge < -0.3 is 10.2 Å². The molecule has 0 aromatic carbocycles. The van der Waals surface area contributed by atoms with Crippen molar-refractivity contribution in [3.63, 3.8) is 0 Å². The fourth-order valence-electron chi connectivity index (χ4n) is 0.325. The van der Waals surface area contributed by atoms with Crippen LogP contribution < -0.4 is 5.32 Å². The first-order chi connectivity index (χ1) is 3.81. The Balaban J connectivity index is 2.98. The highest BCUT2D eigenvalue weighted by Crippen LogP contribution is 1.68. The van der Waals surface area contributed by atoms with Gasteiger partial charge in [-0.15, -0.1) is 0 Å². The van der Waals surface area contributed by atoms with Crippen molar-refractivity contribution in [2.75, 3.05) is 27.2 Å². The molecule has 0 spiro atoms. The Bertz CT molecular complexity index is 65.4. The molecule has 1 N–H and O–H groups in total. The molecule has 1 amide bonds. The Hall–Kier alpha value is -0.570. The minimum absolute atomic E-state index is 0.722. The zero-order valence-electron chi connectivity index (χ0n) is 5.27. The molecular formula is C5H11N2O. The van der Waals surface area contributed by atoms with Crippen LogP contribution in [0.25, 0.3) is 0 Å². The van der Waals surface area contributed by atoms with Gasteiger partial charge in [-0.3, -0.25) is 4.79 Å². The molecule has 47 valence electrons. The van der Waals surface area contributed by atoms with Crippen molar-refractivity contribution in [2.45, 2.75) is 0 Å². The molecule has 0 saturated carbocycles. The summed E-state index contributed by atoms with van der Waals surface area (Å²) < 4.78 is 0. The zero-order chi connectivity index (χ0) is 6.41. The molecule has 3 nitrogen and oxygen atoms in total. The number of hydrogen-bond acceptors (Lipinski definition) is 2. The second-order valence-electron chi connectivity index (χ2n) is 1.62. The molecule has 0 aliphatic heterocycles. The van der Waals surface area contributed by atoms with Crippen LogP contribution in [0.5, 0.6) is 0 Å². The van der Waals surface area contributed by atoms with E-state index in [0.717, 1.165) is 13.1 Å². The molecule has 0 aliphatic rings. The number of rotatable bonds is 4. The largest absolute Gasteiger partial charge is 0.336 e. The van der Waals surface area contributed by atoms with Crippen LogP contribution in [0.2, 0.25) is 0 Å². The van der Waals surface area contributed by atoms with E-state index in [1.165, 1.54) is 4.90 Å². The average molecular weight is 115 g/mol. The van der Waals surface area contributed by atoms with Gasteiger partial charge in [0.25, 0.3) is 0 Å². The normalized spacial score (nSPS) is 8.75. The first-order valence-electron chi connectivity index (χ1n) is 2.54. The lowest BCUT2D eigenvalue weighted by Crippen LogP contribution is -2.25. The smallest absolute Gasteiger partial charge is 0.311 e. The van der Waals surface area contributed by atoms with Crippen LogP contribution in [0, 0.1) is 0 Å². The Labute approximate surface area is 49.7 Å². The molecule has 0 fully saturated rings. The summed E-state index contributed by atoms with van der Waals surface area (Å²) in [6, 6.07) is 0. The minimum atomic E-state index is 0.722. The molecule has 0 unspecified atom stereocenters. The third kappa shape index (κ3) is 3.61. The molecule has 0 bridgehead atoms. The van der Waals surface area contributed by atoms with Crippen LogP contribution in [0.4, 0.5) is 0 Å². The van der Waals surface area contributed by atoms with E-state index in [9.17, 15) is 4.79 Å². The summed E-state index contributed by atoms with van der Waals surface area (Å²) in [6.45, 7) is 1.55. The van der Waals surface area contributed by atoms with Crippen molar-refractivity contribution in [1.82, 2.24) is 10.2 Å². The number of hydrogen-bond donors (Lipinski definition) is 1. The number of carbonyl (C=O) groups excluding carboxylic acids is 1. The third-order valence-electron chi connectivity index (χ3n) is 0.853. The van der Waals surface area contributed by atoms with Gasteiger partial charge >= 0.3 is 6.41 Å². The van der Waals surface area contributed by atoms with Gasteiger partial charge in [-0.25, -0.2) is 0 Å². The Morgan fingerprint density at radius 3 is 2.75 bits per heavy atom. The average Bonchev–Trinajstić information content (AvgIpc) is 1.83. The first kappa shape index (κ1) is 7.43. The monoisotopic (exact) mass is 115 g/mol. The number of amides is 1. The van der Waals surface area contributed by atoms with Crippen molar-refractivity contribution in [3.05, 3.63) is 0 Å². The Morgan fingerprint density at radius 2 is 2.38 bits per heavy atom. The molecule has 0 heterocycles. The summed E-state index contributed by atoms with van der Waals surface area (Å²) in [5.41, 5.74) is 0. The molecule has 0 saturated heterocycles. The Morgan fingerprint density at radius 1 is 1.75 bits per heavy atom.